The summed E-state index contributed by atoms with van der Waals surface area (Å²) in [5, 5.41) is 6.76. The Labute approximate surface area is 175 Å². The van der Waals surface area contributed by atoms with Crippen LogP contribution in [0.4, 0.5) is 0 Å². The molecule has 0 saturated carbocycles. The molecule has 2 aromatic rings. The van der Waals surface area contributed by atoms with Gasteiger partial charge in [-0.3, -0.25) is 4.99 Å². The van der Waals surface area contributed by atoms with E-state index in [9.17, 15) is 0 Å². The van der Waals surface area contributed by atoms with Crippen LogP contribution in [0.25, 0.3) is 0 Å². The largest absolute Gasteiger partial charge is 0.352 e. The lowest BCUT2D eigenvalue weighted by Crippen LogP contribution is -2.36. The van der Waals surface area contributed by atoms with Gasteiger partial charge in [-0.25, -0.2) is 0 Å². The molecule has 2 rings (SSSR count). The van der Waals surface area contributed by atoms with Crippen molar-refractivity contribution < 1.29 is 0 Å². The van der Waals surface area contributed by atoms with Crippen molar-refractivity contribution >= 4 is 29.9 Å². The minimum absolute atomic E-state index is 0. The second-order valence-corrected chi connectivity index (χ2v) is 6.42. The molecule has 0 heterocycles. The van der Waals surface area contributed by atoms with Crippen LogP contribution >= 0.6 is 24.0 Å². The zero-order valence-corrected chi connectivity index (χ0v) is 18.6. The highest BCUT2D eigenvalue weighted by atomic mass is 127. The van der Waals surface area contributed by atoms with Crippen LogP contribution in [0.5, 0.6) is 0 Å². The van der Waals surface area contributed by atoms with E-state index in [1.807, 2.05) is 0 Å². The van der Waals surface area contributed by atoms with Crippen LogP contribution in [0.1, 0.15) is 29.2 Å². The zero-order valence-electron chi connectivity index (χ0n) is 16.2. The van der Waals surface area contributed by atoms with Gasteiger partial charge in [-0.05, 0) is 37.2 Å². The van der Waals surface area contributed by atoms with Gasteiger partial charge < -0.3 is 15.5 Å². The average Bonchev–Trinajstić information content (AvgIpc) is 2.62. The van der Waals surface area contributed by atoms with Crippen molar-refractivity contribution in [1.29, 1.82) is 0 Å². The van der Waals surface area contributed by atoms with Crippen molar-refractivity contribution in [1.82, 2.24) is 15.5 Å². The fourth-order valence-electron chi connectivity index (χ4n) is 2.68. The van der Waals surface area contributed by atoms with Gasteiger partial charge in [0.05, 0.1) is 0 Å². The predicted octanol–water partition coefficient (Wildman–Crippen LogP) is 3.93. The number of nitrogens with zero attached hydrogens (tertiary/aromatic N) is 2. The van der Waals surface area contributed by atoms with E-state index >= 15 is 0 Å². The van der Waals surface area contributed by atoms with Crippen molar-refractivity contribution in [2.75, 3.05) is 20.6 Å². The molecule has 4 nitrogen and oxygen atoms in total. The maximum atomic E-state index is 4.31. The predicted molar refractivity (Wildman–Crippen MR) is 122 cm³/mol. The molecule has 2 N–H and O–H groups in total. The van der Waals surface area contributed by atoms with Gasteiger partial charge in [0, 0.05) is 26.7 Å². The lowest BCUT2D eigenvalue weighted by atomic mass is 10.1. The zero-order chi connectivity index (χ0) is 18.1. The number of rotatable bonds is 7. The molecular formula is C21H31IN4. The smallest absolute Gasteiger partial charge is 0.191 e. The Balaban J connectivity index is 0.00000338. The van der Waals surface area contributed by atoms with E-state index in [0.29, 0.717) is 0 Å². The standard InChI is InChI=1S/C21H30N4.HI/c1-5-25(4)16-20-11-7-10-19(13-20)15-24-21(22-3)23-14-18-9-6-8-17(2)12-18;/h6-13H,5,14-16H2,1-4H3,(H2,22,23,24);1H. The third-order valence-electron chi connectivity index (χ3n) is 4.21. The van der Waals surface area contributed by atoms with Crippen molar-refractivity contribution in [3.8, 4) is 0 Å². The van der Waals surface area contributed by atoms with Crippen LogP contribution in [0.15, 0.2) is 53.5 Å². The van der Waals surface area contributed by atoms with Gasteiger partial charge >= 0.3 is 0 Å². The lowest BCUT2D eigenvalue weighted by molar-refractivity contribution is 0.345. The molecule has 0 aliphatic carbocycles. The van der Waals surface area contributed by atoms with E-state index in [0.717, 1.165) is 32.1 Å². The molecule has 0 fully saturated rings. The molecular weight excluding hydrogens is 435 g/mol. The summed E-state index contributed by atoms with van der Waals surface area (Å²) in [4.78, 5) is 6.61. The van der Waals surface area contributed by atoms with Gasteiger partial charge in [0.25, 0.3) is 0 Å². The number of aliphatic imine (C=N–C) groups is 1. The summed E-state index contributed by atoms with van der Waals surface area (Å²) in [6, 6.07) is 17.2. The van der Waals surface area contributed by atoms with E-state index in [1.165, 1.54) is 22.3 Å². The number of aryl methyl sites for hydroxylation is 1. The van der Waals surface area contributed by atoms with Crippen LogP contribution in [-0.2, 0) is 19.6 Å². The number of benzene rings is 2. The molecule has 0 aliphatic rings. The Bertz CT molecular complexity index is 700. The van der Waals surface area contributed by atoms with Crippen molar-refractivity contribution in [3.05, 3.63) is 70.8 Å². The molecule has 0 radical (unpaired) electrons. The van der Waals surface area contributed by atoms with Crippen LogP contribution in [0, 0.1) is 6.92 Å². The van der Waals surface area contributed by atoms with Gasteiger partial charge in [0.2, 0.25) is 0 Å². The van der Waals surface area contributed by atoms with Gasteiger partial charge in [-0.1, -0.05) is 61.0 Å². The Morgan fingerprint density at radius 3 is 2.12 bits per heavy atom. The molecule has 0 unspecified atom stereocenters. The summed E-state index contributed by atoms with van der Waals surface area (Å²) in [7, 11) is 3.94. The fourth-order valence-corrected chi connectivity index (χ4v) is 2.68. The van der Waals surface area contributed by atoms with Crippen molar-refractivity contribution in [3.63, 3.8) is 0 Å². The minimum atomic E-state index is 0. The first kappa shape index (κ1) is 22.4. The Hall–Kier alpha value is -1.60. The van der Waals surface area contributed by atoms with E-state index < -0.39 is 0 Å². The number of nitrogens with one attached hydrogen (secondary N) is 2. The topological polar surface area (TPSA) is 39.7 Å². The summed E-state index contributed by atoms with van der Waals surface area (Å²) < 4.78 is 0. The van der Waals surface area contributed by atoms with E-state index in [2.05, 4.69) is 90.0 Å². The first-order valence-corrected chi connectivity index (χ1v) is 8.87. The first-order chi connectivity index (χ1) is 12.1. The highest BCUT2D eigenvalue weighted by Gasteiger charge is 2.02. The molecule has 0 saturated heterocycles. The Kier molecular flexibility index (Phi) is 10.3. The second kappa shape index (κ2) is 11.9. The van der Waals surface area contributed by atoms with E-state index in [1.54, 1.807) is 7.05 Å². The third-order valence-corrected chi connectivity index (χ3v) is 4.21. The number of halogens is 1. The maximum absolute atomic E-state index is 4.31. The monoisotopic (exact) mass is 466 g/mol. The van der Waals surface area contributed by atoms with Gasteiger partial charge in [-0.15, -0.1) is 24.0 Å². The SMILES string of the molecule is CCN(C)Cc1cccc(CNC(=NC)NCc2cccc(C)c2)c1.I. The normalized spacial score (nSPS) is 11.2. The van der Waals surface area contributed by atoms with Gasteiger partial charge in [0.1, 0.15) is 0 Å². The first-order valence-electron chi connectivity index (χ1n) is 8.87. The van der Waals surface area contributed by atoms with Crippen molar-refractivity contribution in [2.24, 2.45) is 4.99 Å². The summed E-state index contributed by atoms with van der Waals surface area (Å²) in [6.45, 7) is 7.84. The lowest BCUT2D eigenvalue weighted by Gasteiger charge is -2.15. The average molecular weight is 466 g/mol. The molecule has 0 amide bonds. The molecule has 0 aliphatic heterocycles. The summed E-state index contributed by atoms with van der Waals surface area (Å²) >= 11 is 0. The molecule has 0 spiro atoms. The molecule has 5 heteroatoms. The summed E-state index contributed by atoms with van der Waals surface area (Å²) in [5.41, 5.74) is 5.13. The highest BCUT2D eigenvalue weighted by molar-refractivity contribution is 14.0. The van der Waals surface area contributed by atoms with E-state index in [4.69, 9.17) is 0 Å². The number of hydrogen-bond donors (Lipinski definition) is 2. The number of hydrogen-bond acceptors (Lipinski definition) is 2. The van der Waals surface area contributed by atoms with Gasteiger partial charge in [-0.2, -0.15) is 0 Å². The molecule has 0 aromatic heterocycles. The molecule has 0 atom stereocenters. The highest BCUT2D eigenvalue weighted by Crippen LogP contribution is 2.08. The van der Waals surface area contributed by atoms with Crippen LogP contribution < -0.4 is 10.6 Å². The fraction of sp³-hybridized carbons (Fsp3) is 0.381. The molecule has 26 heavy (non-hydrogen) atoms. The quantitative estimate of drug-likeness (QED) is 0.369. The summed E-state index contributed by atoms with van der Waals surface area (Å²) in [5.74, 6) is 0.817. The third kappa shape index (κ3) is 7.74. The maximum Gasteiger partial charge on any atom is 0.191 e. The molecule has 2 aromatic carbocycles. The summed E-state index contributed by atoms with van der Waals surface area (Å²) in [6.07, 6.45) is 0. The molecule has 142 valence electrons. The van der Waals surface area contributed by atoms with Crippen LogP contribution in [0.3, 0.4) is 0 Å². The second-order valence-electron chi connectivity index (χ2n) is 6.42. The van der Waals surface area contributed by atoms with Gasteiger partial charge in [0.15, 0.2) is 5.96 Å². The van der Waals surface area contributed by atoms with Crippen LogP contribution in [-0.4, -0.2) is 31.5 Å². The van der Waals surface area contributed by atoms with E-state index in [-0.39, 0.29) is 24.0 Å². The Morgan fingerprint density at radius 2 is 1.54 bits per heavy atom. The van der Waals surface area contributed by atoms with Crippen LogP contribution in [0.2, 0.25) is 0 Å². The Morgan fingerprint density at radius 1 is 0.962 bits per heavy atom. The minimum Gasteiger partial charge on any atom is -0.352 e. The molecule has 0 bridgehead atoms. The number of guanidine groups is 1. The van der Waals surface area contributed by atoms with Crippen molar-refractivity contribution in [2.45, 2.75) is 33.5 Å².